The fourth-order valence-corrected chi connectivity index (χ4v) is 0. The molecule has 0 aromatic heterocycles. The molecule has 0 valence electrons. The first-order valence-electron chi connectivity index (χ1n) is 0. The molecule has 0 aliphatic rings. The second-order valence-corrected chi connectivity index (χ2v) is 0. The van der Waals surface area contributed by atoms with Gasteiger partial charge >= 0.3 is 2080 Å². The van der Waals surface area contributed by atoms with Crippen molar-refractivity contribution >= 4 is 2080 Å². The van der Waals surface area contributed by atoms with Gasteiger partial charge in [-0.1, -0.05) is 0 Å². The van der Waals surface area contributed by atoms with E-state index in [0.29, 0.717) is 0 Å². The third kappa shape index (κ3) is 378. The first-order chi connectivity index (χ1) is 0. The Morgan fingerprint density at radius 2 is 0.0182 bits per heavy atom. The molecule has 0 aliphatic heterocycles. The average Bonchev–Trinajstić information content (AvgIpc) is 0. The van der Waals surface area contributed by atoms with E-state index >= 15 is 0 Å². The number of hydrogen-bond donors (Lipinski definition) is 0. The van der Waals surface area contributed by atoms with E-state index in [4.69, 9.17) is 0 Å². The maximum Gasteiger partial charge on any atom is 2.00 e. The molecular formula is Ca55+110. The molecule has 0 fully saturated rings. The maximum absolute atomic E-state index is 0. The standard InChI is InChI=1S/55Ca/q55*+2. The largest absolute Gasteiger partial charge is 2.00 e. The molecule has 0 N–H and O–H groups in total. The second-order valence-electron chi connectivity index (χ2n) is 0. The molecule has 0 rings (SSSR count). The van der Waals surface area contributed by atoms with Crippen LogP contribution in [-0.4, -0.2) is 2080 Å². The van der Waals surface area contributed by atoms with Crippen molar-refractivity contribution in [2.24, 2.45) is 0 Å². The van der Waals surface area contributed by atoms with Crippen LogP contribution in [0.15, 0.2) is 0 Å². The summed E-state index contributed by atoms with van der Waals surface area (Å²) in [5.74, 6) is 0. The summed E-state index contributed by atoms with van der Waals surface area (Å²) in [5.41, 5.74) is 0. The molecule has 0 aromatic carbocycles. The van der Waals surface area contributed by atoms with Gasteiger partial charge in [0.25, 0.3) is 0 Å². The van der Waals surface area contributed by atoms with Gasteiger partial charge in [-0.25, -0.2) is 0 Å². The predicted molar refractivity (Wildman–Crippen MR) is 316 cm³/mol. The van der Waals surface area contributed by atoms with E-state index in [1.807, 2.05) is 0 Å². The van der Waals surface area contributed by atoms with Gasteiger partial charge in [0.05, 0.1) is 0 Å². The van der Waals surface area contributed by atoms with Crippen molar-refractivity contribution in [3.63, 3.8) is 0 Å². The zero-order valence-electron chi connectivity index (χ0n) is 38.9. The molecule has 0 aromatic rings. The maximum atomic E-state index is 0. The second kappa shape index (κ2) is 384. The summed E-state index contributed by atoms with van der Waals surface area (Å²) < 4.78 is 0. The average molecular weight is 2200 g/mol. The Balaban J connectivity index is 0. The van der Waals surface area contributed by atoms with E-state index in [1.165, 1.54) is 0 Å². The Morgan fingerprint density at radius 1 is 0.0182 bits per heavy atom. The van der Waals surface area contributed by atoms with Crippen molar-refractivity contribution in [1.82, 2.24) is 0 Å². The monoisotopic (exact) mass is 2200 g/mol. The molecule has 0 saturated heterocycles. The molecule has 0 saturated carbocycles. The Kier molecular flexibility index (Phi) is 2750. The molecule has 0 amide bonds. The van der Waals surface area contributed by atoms with E-state index in [2.05, 4.69) is 0 Å². The minimum atomic E-state index is 0. The molecule has 0 aliphatic carbocycles. The van der Waals surface area contributed by atoms with Crippen LogP contribution in [-0.2, 0) is 0 Å². The molecular weight excluding hydrogens is 2200 g/mol. The fourth-order valence-electron chi connectivity index (χ4n) is 0. The molecule has 0 bridgehead atoms. The van der Waals surface area contributed by atoms with Crippen LogP contribution >= 0.6 is 0 Å². The molecule has 0 nitrogen and oxygen atoms in total. The fraction of sp³-hybridized carbons (Fsp3) is 0. The van der Waals surface area contributed by atoms with Crippen molar-refractivity contribution in [3.05, 3.63) is 0 Å². The summed E-state index contributed by atoms with van der Waals surface area (Å²) in [6.45, 7) is 0. The summed E-state index contributed by atoms with van der Waals surface area (Å²) >= 11 is 0. The molecule has 0 atom stereocenters. The van der Waals surface area contributed by atoms with E-state index in [1.54, 1.807) is 0 Å². The SMILES string of the molecule is [Ca+2].[Ca+2].[Ca+2].[Ca+2].[Ca+2].[Ca+2].[Ca+2].[Ca+2].[Ca+2].[Ca+2].[Ca+2].[Ca+2].[Ca+2].[Ca+2].[Ca+2].[Ca+2].[Ca+2].[Ca+2].[Ca+2].[Ca+2].[Ca+2].[Ca+2].[Ca+2].[Ca+2].[Ca+2].[Ca+2].[Ca+2].[Ca+2].[Ca+2].[Ca+2].[Ca+2].[Ca+2].[Ca+2].[Ca+2].[Ca+2].[Ca+2].[Ca+2].[Ca+2].[Ca+2].[Ca+2].[Ca+2].[Ca+2].[Ca+2].[Ca+2].[Ca+2].[Ca+2].[Ca+2].[Ca+2].[Ca+2].[Ca+2].[Ca+2].[Ca+2].[Ca+2].[Ca+2].[Ca+2]. The predicted octanol–water partition coefficient (Wildman–Crippen LogP) is -20.9. The van der Waals surface area contributed by atoms with Crippen LogP contribution in [0.4, 0.5) is 0 Å². The third-order valence-corrected chi connectivity index (χ3v) is 0. The summed E-state index contributed by atoms with van der Waals surface area (Å²) in [4.78, 5) is 0. The third-order valence-electron chi connectivity index (χ3n) is 0. The van der Waals surface area contributed by atoms with Crippen LogP contribution in [0.25, 0.3) is 0 Å². The van der Waals surface area contributed by atoms with Crippen molar-refractivity contribution in [2.75, 3.05) is 0 Å². The zero-order valence-corrected chi connectivity index (χ0v) is 160. The smallest absolute Gasteiger partial charge is 2.00 e. The van der Waals surface area contributed by atoms with Gasteiger partial charge in [0.2, 0.25) is 0 Å². The van der Waals surface area contributed by atoms with Crippen molar-refractivity contribution in [1.29, 1.82) is 0 Å². The Labute approximate surface area is 1990 Å². The van der Waals surface area contributed by atoms with Gasteiger partial charge in [-0.2, -0.15) is 0 Å². The van der Waals surface area contributed by atoms with Crippen LogP contribution in [0.5, 0.6) is 0 Å². The Bertz CT molecular complexity index is 0. The topological polar surface area (TPSA) is 0 Å². The van der Waals surface area contributed by atoms with Gasteiger partial charge in [-0.3, -0.25) is 0 Å². The first kappa shape index (κ1) is 394. The summed E-state index contributed by atoms with van der Waals surface area (Å²) in [6, 6.07) is 0. The normalized spacial score (nSPS) is 0. The van der Waals surface area contributed by atoms with Crippen LogP contribution < -0.4 is 0 Å². The van der Waals surface area contributed by atoms with Gasteiger partial charge in [-0.05, 0) is 0 Å². The van der Waals surface area contributed by atoms with Gasteiger partial charge in [0.15, 0.2) is 0 Å². The van der Waals surface area contributed by atoms with Gasteiger partial charge in [-0.15, -0.1) is 0 Å². The quantitative estimate of drug-likeness (QED) is 0.212. The minimum absolute atomic E-state index is 0. The molecule has 55 heavy (non-hydrogen) atoms. The van der Waals surface area contributed by atoms with E-state index in [0.717, 1.165) is 0 Å². The van der Waals surface area contributed by atoms with Crippen LogP contribution in [0.1, 0.15) is 0 Å². The van der Waals surface area contributed by atoms with Gasteiger partial charge < -0.3 is 0 Å². The van der Waals surface area contributed by atoms with E-state index < -0.39 is 0 Å². The molecule has 0 spiro atoms. The van der Waals surface area contributed by atoms with Crippen LogP contribution in [0.3, 0.4) is 0 Å². The molecule has 0 heterocycles. The van der Waals surface area contributed by atoms with Crippen molar-refractivity contribution < 1.29 is 0 Å². The molecule has 55 heteroatoms. The van der Waals surface area contributed by atoms with E-state index in [9.17, 15) is 0 Å². The summed E-state index contributed by atoms with van der Waals surface area (Å²) in [7, 11) is 0. The first-order valence-corrected chi connectivity index (χ1v) is 0. The summed E-state index contributed by atoms with van der Waals surface area (Å²) in [5, 5.41) is 0. The number of hydrogen-bond acceptors (Lipinski definition) is 0. The van der Waals surface area contributed by atoms with E-state index in [-0.39, 0.29) is 2080 Å². The number of rotatable bonds is 0. The van der Waals surface area contributed by atoms with Crippen molar-refractivity contribution in [3.8, 4) is 0 Å². The van der Waals surface area contributed by atoms with Gasteiger partial charge in [0.1, 0.15) is 0 Å². The van der Waals surface area contributed by atoms with Crippen LogP contribution in [0.2, 0.25) is 0 Å². The Morgan fingerprint density at radius 3 is 0.0182 bits per heavy atom. The molecule has 0 unspecified atom stereocenters. The summed E-state index contributed by atoms with van der Waals surface area (Å²) in [6.07, 6.45) is 0. The van der Waals surface area contributed by atoms with Crippen LogP contribution in [0, 0.1) is 0 Å². The molecule has 0 radical (unpaired) electrons. The zero-order chi connectivity index (χ0) is 0. The van der Waals surface area contributed by atoms with Crippen molar-refractivity contribution in [2.45, 2.75) is 0 Å². The van der Waals surface area contributed by atoms with Gasteiger partial charge in [0, 0.05) is 0 Å². The minimum Gasteiger partial charge on any atom is 2.00 e. The Hall–Kier alpha value is 69.3.